The Morgan fingerprint density at radius 3 is 2.95 bits per heavy atom. The van der Waals surface area contributed by atoms with Gasteiger partial charge in [-0.1, -0.05) is 17.9 Å². The van der Waals surface area contributed by atoms with Crippen molar-refractivity contribution >= 4 is 11.8 Å². The third-order valence-electron chi connectivity index (χ3n) is 2.46. The number of thioether (sulfide) groups is 1. The van der Waals surface area contributed by atoms with Crippen molar-refractivity contribution in [2.45, 2.75) is 10.6 Å². The van der Waals surface area contributed by atoms with Gasteiger partial charge in [-0.3, -0.25) is 4.68 Å². The van der Waals surface area contributed by atoms with Crippen LogP contribution in [-0.4, -0.2) is 16.3 Å². The standard InChI is InChI=1S/C14H14FN3S/c1-18-9-13(8-17-18)19-10-12-5-4-11(3-2-6-16)7-14(12)15/h4-5,7-9H,6,10,16H2,1H3. The minimum absolute atomic E-state index is 0.236. The van der Waals surface area contributed by atoms with Crippen LogP contribution in [0.25, 0.3) is 0 Å². The molecule has 0 aliphatic heterocycles. The Labute approximate surface area is 116 Å². The van der Waals surface area contributed by atoms with Crippen molar-refractivity contribution in [2.24, 2.45) is 12.8 Å². The highest BCUT2D eigenvalue weighted by Crippen LogP contribution is 2.23. The monoisotopic (exact) mass is 275 g/mol. The van der Waals surface area contributed by atoms with Crippen LogP contribution in [0.2, 0.25) is 0 Å². The van der Waals surface area contributed by atoms with Gasteiger partial charge in [0.05, 0.1) is 12.7 Å². The predicted octanol–water partition coefficient (Wildman–Crippen LogP) is 2.16. The highest BCUT2D eigenvalue weighted by atomic mass is 32.2. The van der Waals surface area contributed by atoms with E-state index in [0.717, 1.165) is 4.90 Å². The minimum Gasteiger partial charge on any atom is -0.320 e. The minimum atomic E-state index is -0.236. The largest absolute Gasteiger partial charge is 0.320 e. The summed E-state index contributed by atoms with van der Waals surface area (Å²) in [6.07, 6.45) is 3.67. The normalized spacial score (nSPS) is 10.1. The first-order chi connectivity index (χ1) is 9.19. The van der Waals surface area contributed by atoms with Gasteiger partial charge in [-0.2, -0.15) is 5.10 Å². The number of halogens is 1. The maximum atomic E-state index is 13.9. The molecular formula is C14H14FN3S. The number of aromatic nitrogens is 2. The summed E-state index contributed by atoms with van der Waals surface area (Å²) < 4.78 is 15.6. The van der Waals surface area contributed by atoms with Crippen molar-refractivity contribution in [3.63, 3.8) is 0 Å². The summed E-state index contributed by atoms with van der Waals surface area (Å²) in [5.41, 5.74) is 6.59. The Bertz CT molecular complexity index is 625. The van der Waals surface area contributed by atoms with Crippen molar-refractivity contribution in [1.29, 1.82) is 0 Å². The van der Waals surface area contributed by atoms with Gasteiger partial charge in [0.1, 0.15) is 5.82 Å². The number of aryl methyl sites for hydroxylation is 1. The van der Waals surface area contributed by atoms with E-state index in [1.54, 1.807) is 28.7 Å². The van der Waals surface area contributed by atoms with E-state index >= 15 is 0 Å². The Balaban J connectivity index is 2.05. The van der Waals surface area contributed by atoms with Crippen LogP contribution in [0.1, 0.15) is 11.1 Å². The fourth-order valence-electron chi connectivity index (χ4n) is 1.53. The van der Waals surface area contributed by atoms with E-state index in [0.29, 0.717) is 16.9 Å². The van der Waals surface area contributed by atoms with Crippen LogP contribution in [0.4, 0.5) is 4.39 Å². The maximum absolute atomic E-state index is 13.9. The first kappa shape index (κ1) is 13.7. The second-order valence-electron chi connectivity index (χ2n) is 3.95. The first-order valence-electron chi connectivity index (χ1n) is 5.78. The lowest BCUT2D eigenvalue weighted by molar-refractivity contribution is 0.617. The topological polar surface area (TPSA) is 43.8 Å². The molecular weight excluding hydrogens is 261 g/mol. The quantitative estimate of drug-likeness (QED) is 0.689. The molecule has 0 aliphatic carbocycles. The van der Waals surface area contributed by atoms with Crippen LogP contribution in [0.5, 0.6) is 0 Å². The molecule has 2 N–H and O–H groups in total. The second kappa shape index (κ2) is 6.41. The number of nitrogens with zero attached hydrogens (tertiary/aromatic N) is 2. The molecule has 1 aromatic heterocycles. The highest BCUT2D eigenvalue weighted by Gasteiger charge is 2.04. The zero-order chi connectivity index (χ0) is 13.7. The second-order valence-corrected chi connectivity index (χ2v) is 5.00. The van der Waals surface area contributed by atoms with Gasteiger partial charge < -0.3 is 5.73 Å². The van der Waals surface area contributed by atoms with Gasteiger partial charge in [-0.15, -0.1) is 11.8 Å². The van der Waals surface area contributed by atoms with Crippen molar-refractivity contribution in [1.82, 2.24) is 9.78 Å². The molecule has 0 bridgehead atoms. The number of hydrogen-bond donors (Lipinski definition) is 1. The Kier molecular flexibility index (Phi) is 4.61. The molecule has 3 nitrogen and oxygen atoms in total. The zero-order valence-corrected chi connectivity index (χ0v) is 11.4. The average Bonchev–Trinajstić information content (AvgIpc) is 2.81. The molecule has 0 fully saturated rings. The average molecular weight is 275 g/mol. The Hall–Kier alpha value is -1.77. The molecule has 98 valence electrons. The maximum Gasteiger partial charge on any atom is 0.128 e. The number of hydrogen-bond acceptors (Lipinski definition) is 3. The predicted molar refractivity (Wildman–Crippen MR) is 75.1 cm³/mol. The lowest BCUT2D eigenvalue weighted by atomic mass is 10.1. The van der Waals surface area contributed by atoms with Crippen LogP contribution < -0.4 is 5.73 Å². The number of benzene rings is 1. The van der Waals surface area contributed by atoms with Crippen LogP contribution >= 0.6 is 11.8 Å². The molecule has 0 spiro atoms. The Morgan fingerprint density at radius 2 is 2.32 bits per heavy atom. The summed E-state index contributed by atoms with van der Waals surface area (Å²) in [7, 11) is 1.86. The smallest absolute Gasteiger partial charge is 0.128 e. The van der Waals surface area contributed by atoms with E-state index in [9.17, 15) is 4.39 Å². The van der Waals surface area contributed by atoms with E-state index in [1.807, 2.05) is 19.3 Å². The van der Waals surface area contributed by atoms with Crippen molar-refractivity contribution in [3.8, 4) is 11.8 Å². The SMILES string of the molecule is Cn1cc(SCc2ccc(C#CCN)cc2F)cn1. The first-order valence-corrected chi connectivity index (χ1v) is 6.76. The van der Waals surface area contributed by atoms with Gasteiger partial charge >= 0.3 is 0 Å². The van der Waals surface area contributed by atoms with Gasteiger partial charge in [0, 0.05) is 29.5 Å². The third kappa shape index (κ3) is 3.85. The van der Waals surface area contributed by atoms with Gasteiger partial charge in [0.15, 0.2) is 0 Å². The molecule has 0 amide bonds. The third-order valence-corrected chi connectivity index (χ3v) is 3.46. The molecule has 0 radical (unpaired) electrons. The van der Waals surface area contributed by atoms with Crippen LogP contribution in [-0.2, 0) is 12.8 Å². The summed E-state index contributed by atoms with van der Waals surface area (Å²) in [5.74, 6) is 5.86. The molecule has 2 aromatic rings. The summed E-state index contributed by atoms with van der Waals surface area (Å²) in [5, 5.41) is 4.07. The lowest BCUT2D eigenvalue weighted by Crippen LogP contribution is -1.93. The van der Waals surface area contributed by atoms with E-state index in [1.165, 1.54) is 6.07 Å². The molecule has 19 heavy (non-hydrogen) atoms. The molecule has 0 aliphatic rings. The van der Waals surface area contributed by atoms with Gasteiger partial charge in [0.2, 0.25) is 0 Å². The molecule has 1 aromatic carbocycles. The van der Waals surface area contributed by atoms with Crippen molar-refractivity contribution in [2.75, 3.05) is 6.54 Å². The van der Waals surface area contributed by atoms with E-state index in [2.05, 4.69) is 16.9 Å². The van der Waals surface area contributed by atoms with Crippen LogP contribution in [0, 0.1) is 17.7 Å². The molecule has 2 rings (SSSR count). The summed E-state index contributed by atoms with van der Waals surface area (Å²) in [6.45, 7) is 0.278. The van der Waals surface area contributed by atoms with Crippen molar-refractivity contribution < 1.29 is 4.39 Å². The molecule has 0 saturated carbocycles. The molecule has 5 heteroatoms. The fourth-order valence-corrected chi connectivity index (χ4v) is 2.43. The lowest BCUT2D eigenvalue weighted by Gasteiger charge is -2.02. The summed E-state index contributed by atoms with van der Waals surface area (Å²) in [4.78, 5) is 1.02. The van der Waals surface area contributed by atoms with E-state index < -0.39 is 0 Å². The molecule has 0 unspecified atom stereocenters. The van der Waals surface area contributed by atoms with Gasteiger partial charge in [-0.05, 0) is 17.7 Å². The molecule has 0 saturated heterocycles. The number of rotatable bonds is 3. The molecule has 0 atom stereocenters. The van der Waals surface area contributed by atoms with E-state index in [4.69, 9.17) is 5.73 Å². The number of nitrogens with two attached hydrogens (primary N) is 1. The van der Waals surface area contributed by atoms with Crippen molar-refractivity contribution in [3.05, 3.63) is 47.5 Å². The summed E-state index contributed by atoms with van der Waals surface area (Å²) in [6, 6.07) is 5.02. The highest BCUT2D eigenvalue weighted by molar-refractivity contribution is 7.98. The summed E-state index contributed by atoms with van der Waals surface area (Å²) >= 11 is 1.55. The fraction of sp³-hybridized carbons (Fsp3) is 0.214. The van der Waals surface area contributed by atoms with Crippen LogP contribution in [0.3, 0.4) is 0 Å². The van der Waals surface area contributed by atoms with Crippen LogP contribution in [0.15, 0.2) is 35.5 Å². The van der Waals surface area contributed by atoms with E-state index in [-0.39, 0.29) is 12.4 Å². The zero-order valence-electron chi connectivity index (χ0n) is 10.6. The van der Waals surface area contributed by atoms with Gasteiger partial charge in [-0.25, -0.2) is 4.39 Å². The molecule has 1 heterocycles. The Morgan fingerprint density at radius 1 is 1.47 bits per heavy atom. The van der Waals surface area contributed by atoms with Gasteiger partial charge in [0.25, 0.3) is 0 Å².